The van der Waals surface area contributed by atoms with Gasteiger partial charge in [-0.3, -0.25) is 0 Å². The van der Waals surface area contributed by atoms with Crippen molar-refractivity contribution in [1.82, 2.24) is 0 Å². The molecule has 0 unspecified atom stereocenters. The van der Waals surface area contributed by atoms with Crippen molar-refractivity contribution < 1.29 is 133 Å². The zero-order chi connectivity index (χ0) is 49.5. The molecule has 1 saturated heterocycles. The minimum absolute atomic E-state index is 0.299. The fraction of sp³-hybridized carbons (Fsp3) is 0.195. The van der Waals surface area contributed by atoms with E-state index in [9.17, 15) is 99.9 Å². The maximum atomic E-state index is 14.6. The van der Waals surface area contributed by atoms with Crippen LogP contribution >= 0.6 is 0 Å². The van der Waals surface area contributed by atoms with Crippen molar-refractivity contribution in [3.05, 3.63) is 69.8 Å². The van der Waals surface area contributed by atoms with E-state index in [-0.39, 0.29) is 0 Å². The van der Waals surface area contributed by atoms with E-state index < -0.39 is 205 Å². The number of cyclic esters (lactones) is 2. The van der Waals surface area contributed by atoms with Gasteiger partial charge in [-0.1, -0.05) is 0 Å². The molecule has 27 heteroatoms. The molecule has 4 aliphatic rings. The zero-order valence-electron chi connectivity index (χ0n) is 33.2. The normalized spacial score (nSPS) is 23.3. The molecule has 4 aromatic rings. The number of hydrogen-bond donors (Lipinski definition) is 13. The Balaban J connectivity index is 1.39. The van der Waals surface area contributed by atoms with E-state index in [0.717, 1.165) is 0 Å². The second kappa shape index (κ2) is 16.2. The zero-order valence-corrected chi connectivity index (χ0v) is 33.2. The number of carboxylic acid groups (broad SMARTS) is 1. The minimum Gasteiger partial charge on any atom is -0.504 e. The van der Waals surface area contributed by atoms with Gasteiger partial charge in [-0.05, 0) is 30.3 Å². The molecule has 7 atom stereocenters. The molecule has 4 aliphatic heterocycles. The SMILES string of the molecule is O=C1C=C2C(=O)O[C@H]3[C@H](OC(=O)c4cc(O)c(O)c(O)c4)O[C@@H]4COC(=O)c5cc(O)c(O)c(O)c5-c5c(cc(O)c(O)c5O)C(=O)O[C@H]3[C@@H]4OC(=O)c3cc(O)c(O)c(O)c3[C@H]2[C@@H](C(=O)O)O1. The van der Waals surface area contributed by atoms with Crippen LogP contribution in [0.3, 0.4) is 0 Å². The minimum atomic E-state index is -2.62. The van der Waals surface area contributed by atoms with Crippen LogP contribution in [0.2, 0.25) is 0 Å². The molecule has 354 valence electrons. The lowest BCUT2D eigenvalue weighted by Crippen LogP contribution is -2.63. The topological polar surface area (TPSA) is 447 Å². The van der Waals surface area contributed by atoms with Crippen LogP contribution in [0.5, 0.6) is 69.0 Å². The summed E-state index contributed by atoms with van der Waals surface area (Å²) in [5.41, 5.74) is -8.56. The van der Waals surface area contributed by atoms with Gasteiger partial charge < -0.3 is 99.5 Å². The molecule has 13 N–H and O–H groups in total. The van der Waals surface area contributed by atoms with Gasteiger partial charge in [0.25, 0.3) is 0 Å². The highest BCUT2D eigenvalue weighted by Crippen LogP contribution is 2.54. The Labute approximate surface area is 373 Å². The first-order chi connectivity index (χ1) is 32.0. The largest absolute Gasteiger partial charge is 0.504 e. The lowest BCUT2D eigenvalue weighted by molar-refractivity contribution is -0.287. The maximum Gasteiger partial charge on any atom is 0.346 e. The predicted octanol–water partition coefficient (Wildman–Crippen LogP) is 0.269. The Morgan fingerprint density at radius 2 is 1.01 bits per heavy atom. The number of carbonyl (C=O) groups is 7. The van der Waals surface area contributed by atoms with E-state index in [1.807, 2.05) is 0 Å². The third-order valence-electron chi connectivity index (χ3n) is 10.9. The molecule has 0 aliphatic carbocycles. The van der Waals surface area contributed by atoms with E-state index in [2.05, 4.69) is 0 Å². The van der Waals surface area contributed by atoms with Gasteiger partial charge in [-0.2, -0.15) is 0 Å². The van der Waals surface area contributed by atoms with Gasteiger partial charge >= 0.3 is 41.8 Å². The smallest absolute Gasteiger partial charge is 0.346 e. The molecule has 4 aromatic carbocycles. The summed E-state index contributed by atoms with van der Waals surface area (Å²) in [6, 6.07) is 2.28. The molecule has 68 heavy (non-hydrogen) atoms. The van der Waals surface area contributed by atoms with Crippen molar-refractivity contribution in [2.24, 2.45) is 0 Å². The first-order valence-electron chi connectivity index (χ1n) is 18.9. The number of benzene rings is 4. The van der Waals surface area contributed by atoms with E-state index >= 15 is 0 Å². The average molecular weight is 953 g/mol. The molecule has 0 aromatic heterocycles. The van der Waals surface area contributed by atoms with Gasteiger partial charge in [-0.25, -0.2) is 33.6 Å². The van der Waals surface area contributed by atoms with Crippen LogP contribution in [-0.4, -0.2) is 152 Å². The van der Waals surface area contributed by atoms with Crippen LogP contribution in [0.15, 0.2) is 42.0 Å². The van der Waals surface area contributed by atoms with E-state index in [1.165, 1.54) is 0 Å². The van der Waals surface area contributed by atoms with Crippen LogP contribution in [0, 0.1) is 0 Å². The van der Waals surface area contributed by atoms with E-state index in [0.29, 0.717) is 36.4 Å². The Morgan fingerprint density at radius 3 is 1.59 bits per heavy atom. The third-order valence-corrected chi connectivity index (χ3v) is 10.9. The van der Waals surface area contributed by atoms with E-state index in [1.54, 1.807) is 0 Å². The van der Waals surface area contributed by atoms with Gasteiger partial charge in [0, 0.05) is 22.8 Å². The molecule has 0 amide bonds. The fourth-order valence-electron chi connectivity index (χ4n) is 7.76. The molecule has 27 nitrogen and oxygen atoms in total. The Hall–Kier alpha value is -9.53. The fourth-order valence-corrected chi connectivity index (χ4v) is 7.76. The molecule has 4 bridgehead atoms. The molecule has 4 heterocycles. The van der Waals surface area contributed by atoms with Crippen molar-refractivity contribution in [2.75, 3.05) is 6.61 Å². The van der Waals surface area contributed by atoms with Crippen molar-refractivity contribution in [3.63, 3.8) is 0 Å². The van der Waals surface area contributed by atoms with Crippen molar-refractivity contribution in [3.8, 4) is 80.1 Å². The second-order valence-corrected chi connectivity index (χ2v) is 14.9. The van der Waals surface area contributed by atoms with Gasteiger partial charge in [0.15, 0.2) is 64.0 Å². The Bertz CT molecular complexity index is 2960. The number of carbonyl (C=O) groups excluding carboxylic acids is 6. The lowest BCUT2D eigenvalue weighted by atomic mass is 9.81. The molecular formula is C41H28O27. The number of phenols is 12. The molecule has 0 spiro atoms. The van der Waals surface area contributed by atoms with Crippen LogP contribution in [0.1, 0.15) is 52.9 Å². The summed E-state index contributed by atoms with van der Waals surface area (Å²) >= 11 is 0. The first kappa shape index (κ1) is 45.1. The summed E-state index contributed by atoms with van der Waals surface area (Å²) in [7, 11) is 0. The summed E-state index contributed by atoms with van der Waals surface area (Å²) in [6.45, 7) is -1.31. The maximum absolute atomic E-state index is 14.6. The summed E-state index contributed by atoms with van der Waals surface area (Å²) in [6.07, 6.45) is -14.7. The summed E-state index contributed by atoms with van der Waals surface area (Å²) < 4.78 is 38.6. The predicted molar refractivity (Wildman–Crippen MR) is 206 cm³/mol. The van der Waals surface area contributed by atoms with Crippen molar-refractivity contribution in [1.29, 1.82) is 0 Å². The summed E-state index contributed by atoms with van der Waals surface area (Å²) in [4.78, 5) is 96.8. The standard InChI is InChI=1S/C41H28O27/c42-13-1-8(2-14(43)24(13)48)36(57)68-41-34-33-31(65-38(59)11-5-17(46)27(51)30(54)22(11)23-12(40(61)67-34)6-19(47)64-32(23)35(55)56)18(63-41)7-62-37(58)9-3-15(44)25(49)28(52)20(9)21-10(39(60)66-33)4-16(45)26(50)29(21)53/h1-6,18,23,31-34,41-46,48-54H,7H2,(H,55,56)/t18-,23+,31-,32+,33+,34-,41+/m1/s1. The third kappa shape index (κ3) is 7.19. The number of aromatic hydroxyl groups is 12. The van der Waals surface area contributed by atoms with Crippen LogP contribution < -0.4 is 0 Å². The highest BCUT2D eigenvalue weighted by atomic mass is 16.7. The van der Waals surface area contributed by atoms with Crippen molar-refractivity contribution in [2.45, 2.75) is 42.7 Å². The number of rotatable bonds is 3. The molecular weight excluding hydrogens is 924 g/mol. The Kier molecular flexibility index (Phi) is 10.7. The summed E-state index contributed by atoms with van der Waals surface area (Å²) in [5, 5.41) is 137. The highest BCUT2D eigenvalue weighted by Gasteiger charge is 2.57. The molecule has 1 fully saturated rings. The number of fused-ring (bicyclic) bond motifs is 6. The Morgan fingerprint density at radius 1 is 0.529 bits per heavy atom. The quantitative estimate of drug-likeness (QED) is 0.0744. The van der Waals surface area contributed by atoms with Gasteiger partial charge in [0.05, 0.1) is 33.7 Å². The number of aliphatic carboxylic acids is 1. The van der Waals surface area contributed by atoms with E-state index in [4.69, 9.17) is 33.2 Å². The monoisotopic (exact) mass is 952 g/mol. The lowest BCUT2D eigenvalue weighted by Gasteiger charge is -2.44. The van der Waals surface area contributed by atoms with Gasteiger partial charge in [0.1, 0.15) is 12.7 Å². The van der Waals surface area contributed by atoms with Gasteiger partial charge in [0.2, 0.25) is 35.7 Å². The number of carboxylic acids is 1. The van der Waals surface area contributed by atoms with Crippen LogP contribution in [0.4, 0.5) is 0 Å². The summed E-state index contributed by atoms with van der Waals surface area (Å²) in [5.74, 6) is -30.8. The van der Waals surface area contributed by atoms with Crippen molar-refractivity contribution >= 4 is 41.8 Å². The van der Waals surface area contributed by atoms with Crippen LogP contribution in [-0.2, 0) is 47.5 Å². The number of phenolic OH excluding ortho intramolecular Hbond substituents is 12. The molecule has 0 saturated carbocycles. The molecule has 0 radical (unpaired) electrons. The molecule has 8 rings (SSSR count). The number of ether oxygens (including phenoxy) is 7. The average Bonchev–Trinajstić information content (AvgIpc) is 3.29. The highest BCUT2D eigenvalue weighted by molar-refractivity contribution is 6.09. The number of hydrogen-bond acceptors (Lipinski definition) is 26. The number of esters is 6. The second-order valence-electron chi connectivity index (χ2n) is 14.9. The van der Waals surface area contributed by atoms with Gasteiger partial charge in [-0.15, -0.1) is 0 Å². The van der Waals surface area contributed by atoms with Crippen LogP contribution in [0.25, 0.3) is 11.1 Å². The first-order valence-corrected chi connectivity index (χ1v) is 18.9.